The second-order valence-corrected chi connectivity index (χ2v) is 3.25. The van der Waals surface area contributed by atoms with E-state index < -0.39 is 0 Å². The molecule has 1 N–H and O–H groups in total. The molecule has 0 aromatic rings. The van der Waals surface area contributed by atoms with Crippen LogP contribution in [-0.4, -0.2) is 50.2 Å². The molecule has 1 aliphatic rings. The lowest BCUT2D eigenvalue weighted by Gasteiger charge is -2.16. The van der Waals surface area contributed by atoms with E-state index in [-0.39, 0.29) is 18.6 Å². The fourth-order valence-corrected chi connectivity index (χ4v) is 1.51. The van der Waals surface area contributed by atoms with Crippen molar-refractivity contribution in [2.24, 2.45) is 0 Å². The molecule has 13 heavy (non-hydrogen) atoms. The summed E-state index contributed by atoms with van der Waals surface area (Å²) in [7, 11) is 1.90. The maximum Gasteiger partial charge on any atom is 0.248 e. The van der Waals surface area contributed by atoms with Crippen LogP contribution >= 0.6 is 0 Å². The monoisotopic (exact) mass is 186 g/mol. The first-order chi connectivity index (χ1) is 6.27. The number of ether oxygens (including phenoxy) is 1. The Morgan fingerprint density at radius 1 is 1.69 bits per heavy atom. The van der Waals surface area contributed by atoms with Gasteiger partial charge in [0.1, 0.15) is 6.61 Å². The van der Waals surface area contributed by atoms with Gasteiger partial charge in [0.25, 0.3) is 0 Å². The van der Waals surface area contributed by atoms with Crippen molar-refractivity contribution in [3.05, 3.63) is 0 Å². The van der Waals surface area contributed by atoms with Crippen molar-refractivity contribution in [1.82, 2.24) is 10.2 Å². The van der Waals surface area contributed by atoms with Gasteiger partial charge in [-0.15, -0.1) is 0 Å². The van der Waals surface area contributed by atoms with Crippen LogP contribution in [0.15, 0.2) is 0 Å². The van der Waals surface area contributed by atoms with Gasteiger partial charge in [0.15, 0.2) is 0 Å². The van der Waals surface area contributed by atoms with Gasteiger partial charge in [-0.1, -0.05) is 0 Å². The minimum atomic E-state index is 0.112. The van der Waals surface area contributed by atoms with Gasteiger partial charge in [0.05, 0.1) is 6.10 Å². The Hall–Kier alpha value is -0.610. The molecule has 0 aromatic heterocycles. The number of nitrogens with one attached hydrogen (secondary N) is 1. The lowest BCUT2D eigenvalue weighted by molar-refractivity contribution is -0.134. The Bertz CT molecular complexity index is 173. The molecule has 0 aliphatic carbocycles. The maximum atomic E-state index is 11.4. The van der Waals surface area contributed by atoms with E-state index in [1.54, 1.807) is 0 Å². The second-order valence-electron chi connectivity index (χ2n) is 3.25. The highest BCUT2D eigenvalue weighted by molar-refractivity contribution is 5.77. The van der Waals surface area contributed by atoms with Crippen molar-refractivity contribution >= 4 is 5.91 Å². The summed E-state index contributed by atoms with van der Waals surface area (Å²) >= 11 is 0. The van der Waals surface area contributed by atoms with Crippen LogP contribution in [0.5, 0.6) is 0 Å². The normalized spacial score (nSPS) is 24.6. The van der Waals surface area contributed by atoms with E-state index in [4.69, 9.17) is 4.74 Å². The van der Waals surface area contributed by atoms with E-state index in [0.717, 1.165) is 26.1 Å². The number of likely N-dealkylation sites (N-methyl/N-ethyl adjacent to an activating group) is 2. The van der Waals surface area contributed by atoms with Gasteiger partial charge in [-0.25, -0.2) is 0 Å². The van der Waals surface area contributed by atoms with Crippen LogP contribution in [0.4, 0.5) is 0 Å². The molecule has 4 nitrogen and oxygen atoms in total. The van der Waals surface area contributed by atoms with Crippen LogP contribution in [0.2, 0.25) is 0 Å². The molecule has 1 atom stereocenters. The predicted octanol–water partition coefficient (Wildman–Crippen LogP) is -0.157. The largest absolute Gasteiger partial charge is 0.367 e. The van der Waals surface area contributed by atoms with Gasteiger partial charge in [-0.05, 0) is 20.4 Å². The molecule has 1 heterocycles. The average Bonchev–Trinajstić information content (AvgIpc) is 2.30. The molecule has 1 amide bonds. The minimum absolute atomic E-state index is 0.112. The first kappa shape index (κ1) is 10.5. The van der Waals surface area contributed by atoms with Gasteiger partial charge < -0.3 is 15.0 Å². The maximum absolute atomic E-state index is 11.4. The Kier molecular flexibility index (Phi) is 4.18. The Morgan fingerprint density at radius 3 is 3.08 bits per heavy atom. The number of carbonyl (C=O) groups excluding carboxylic acids is 1. The molecule has 0 spiro atoms. The summed E-state index contributed by atoms with van der Waals surface area (Å²) in [5.74, 6) is 0.112. The zero-order valence-corrected chi connectivity index (χ0v) is 8.38. The zero-order chi connectivity index (χ0) is 9.68. The van der Waals surface area contributed by atoms with E-state index in [9.17, 15) is 4.79 Å². The van der Waals surface area contributed by atoms with Crippen LogP contribution in [0, 0.1) is 0 Å². The quantitative estimate of drug-likeness (QED) is 0.666. The number of amides is 1. The van der Waals surface area contributed by atoms with E-state index in [2.05, 4.69) is 5.32 Å². The highest BCUT2D eigenvalue weighted by Gasteiger charge is 2.20. The molecule has 1 aliphatic heterocycles. The van der Waals surface area contributed by atoms with Crippen LogP contribution in [0.1, 0.15) is 13.3 Å². The zero-order valence-electron chi connectivity index (χ0n) is 8.38. The van der Waals surface area contributed by atoms with E-state index in [1.165, 1.54) is 0 Å². The molecular weight excluding hydrogens is 168 g/mol. The predicted molar refractivity (Wildman–Crippen MR) is 50.5 cm³/mol. The molecule has 1 saturated heterocycles. The minimum Gasteiger partial charge on any atom is -0.367 e. The molecular formula is C9H18N2O2. The fourth-order valence-electron chi connectivity index (χ4n) is 1.51. The average molecular weight is 186 g/mol. The molecule has 0 aromatic carbocycles. The lowest BCUT2D eigenvalue weighted by Crippen LogP contribution is -2.32. The van der Waals surface area contributed by atoms with E-state index in [1.807, 2.05) is 18.9 Å². The van der Waals surface area contributed by atoms with E-state index in [0.29, 0.717) is 0 Å². The van der Waals surface area contributed by atoms with Gasteiger partial charge in [-0.2, -0.15) is 0 Å². The SMILES string of the molecule is CCN1CCC(CNC)OCC1=O. The Morgan fingerprint density at radius 2 is 2.46 bits per heavy atom. The van der Waals surface area contributed by atoms with Gasteiger partial charge >= 0.3 is 0 Å². The lowest BCUT2D eigenvalue weighted by atomic mass is 10.2. The molecule has 1 fully saturated rings. The summed E-state index contributed by atoms with van der Waals surface area (Å²) in [6, 6.07) is 0. The summed E-state index contributed by atoms with van der Waals surface area (Å²) in [6.07, 6.45) is 1.12. The fraction of sp³-hybridized carbons (Fsp3) is 0.889. The highest BCUT2D eigenvalue weighted by atomic mass is 16.5. The van der Waals surface area contributed by atoms with Crippen molar-refractivity contribution in [3.8, 4) is 0 Å². The third-order valence-corrected chi connectivity index (χ3v) is 2.33. The summed E-state index contributed by atoms with van der Waals surface area (Å²) in [4.78, 5) is 13.2. The van der Waals surface area contributed by atoms with Crippen LogP contribution in [-0.2, 0) is 9.53 Å². The van der Waals surface area contributed by atoms with Crippen molar-refractivity contribution in [3.63, 3.8) is 0 Å². The third kappa shape index (κ3) is 2.97. The highest BCUT2D eigenvalue weighted by Crippen LogP contribution is 2.06. The van der Waals surface area contributed by atoms with Gasteiger partial charge in [0, 0.05) is 19.6 Å². The van der Waals surface area contributed by atoms with Crippen LogP contribution in [0.3, 0.4) is 0 Å². The van der Waals surface area contributed by atoms with E-state index >= 15 is 0 Å². The van der Waals surface area contributed by atoms with Crippen LogP contribution in [0.25, 0.3) is 0 Å². The Labute approximate surface area is 79.2 Å². The summed E-state index contributed by atoms with van der Waals surface area (Å²) in [5, 5.41) is 3.06. The number of hydrogen-bond acceptors (Lipinski definition) is 3. The molecule has 1 unspecified atom stereocenters. The number of nitrogens with zero attached hydrogens (tertiary/aromatic N) is 1. The topological polar surface area (TPSA) is 41.6 Å². The molecule has 4 heteroatoms. The molecule has 1 rings (SSSR count). The first-order valence-electron chi connectivity index (χ1n) is 4.82. The third-order valence-electron chi connectivity index (χ3n) is 2.33. The standard InChI is InChI=1S/C9H18N2O2/c1-3-11-5-4-8(6-10-2)13-7-9(11)12/h8,10H,3-7H2,1-2H3. The van der Waals surface area contributed by atoms with Crippen molar-refractivity contribution in [2.75, 3.05) is 33.3 Å². The number of hydrogen-bond donors (Lipinski definition) is 1. The summed E-state index contributed by atoms with van der Waals surface area (Å²) in [6.45, 7) is 4.66. The smallest absolute Gasteiger partial charge is 0.248 e. The van der Waals surface area contributed by atoms with Gasteiger partial charge in [0.2, 0.25) is 5.91 Å². The number of carbonyl (C=O) groups is 1. The van der Waals surface area contributed by atoms with Crippen molar-refractivity contribution in [1.29, 1.82) is 0 Å². The summed E-state index contributed by atoms with van der Waals surface area (Å²) in [5.41, 5.74) is 0. The first-order valence-corrected chi connectivity index (χ1v) is 4.82. The van der Waals surface area contributed by atoms with Crippen LogP contribution < -0.4 is 5.32 Å². The molecule has 0 bridgehead atoms. The molecule has 0 radical (unpaired) electrons. The van der Waals surface area contributed by atoms with Gasteiger partial charge in [-0.3, -0.25) is 4.79 Å². The van der Waals surface area contributed by atoms with Crippen molar-refractivity contribution < 1.29 is 9.53 Å². The molecule has 0 saturated carbocycles. The van der Waals surface area contributed by atoms with Crippen molar-refractivity contribution in [2.45, 2.75) is 19.4 Å². The Balaban J connectivity index is 2.41. The summed E-state index contributed by atoms with van der Waals surface area (Å²) < 4.78 is 5.43. The second kappa shape index (κ2) is 5.19. The number of rotatable bonds is 3. The molecule has 76 valence electrons.